The van der Waals surface area contributed by atoms with E-state index in [0.717, 1.165) is 22.6 Å². The van der Waals surface area contributed by atoms with Crippen molar-refractivity contribution in [2.75, 3.05) is 52.9 Å². The molecule has 0 radical (unpaired) electrons. The number of hydrogen-bond donors (Lipinski definition) is 0. The lowest BCUT2D eigenvalue weighted by Gasteiger charge is -2.09. The third-order valence-electron chi connectivity index (χ3n) is 3.92. The molecule has 0 unspecified atom stereocenters. The van der Waals surface area contributed by atoms with Crippen LogP contribution in [0, 0.1) is 0 Å². The Labute approximate surface area is 160 Å². The number of benzene rings is 2. The molecule has 0 spiro atoms. The lowest BCUT2D eigenvalue weighted by Crippen LogP contribution is -2.14. The molecule has 2 aromatic rings. The summed E-state index contributed by atoms with van der Waals surface area (Å²) in [7, 11) is 0. The summed E-state index contributed by atoms with van der Waals surface area (Å²) in [6.45, 7) is 4.27. The highest BCUT2D eigenvalue weighted by Gasteiger charge is 1.99. The van der Waals surface area contributed by atoms with Crippen molar-refractivity contribution in [3.8, 4) is 11.5 Å². The van der Waals surface area contributed by atoms with Crippen LogP contribution in [0.5, 0.6) is 11.5 Å². The van der Waals surface area contributed by atoms with Crippen molar-refractivity contribution in [3.63, 3.8) is 0 Å². The van der Waals surface area contributed by atoms with Crippen LogP contribution >= 0.6 is 0 Å². The third kappa shape index (κ3) is 7.43. The Bertz CT molecular complexity index is 654. The minimum absolute atomic E-state index is 0.510. The summed E-state index contributed by atoms with van der Waals surface area (Å²) in [5.41, 5.74) is 2.15. The summed E-state index contributed by atoms with van der Waals surface area (Å²) in [6.07, 6.45) is 4.12. The first kappa shape index (κ1) is 19.4. The lowest BCUT2D eigenvalue weighted by atomic mass is 10.1. The van der Waals surface area contributed by atoms with Crippen LogP contribution < -0.4 is 9.47 Å². The maximum absolute atomic E-state index is 5.75. The maximum atomic E-state index is 5.75. The van der Waals surface area contributed by atoms with E-state index in [2.05, 4.69) is 12.2 Å². The van der Waals surface area contributed by atoms with E-state index in [9.17, 15) is 0 Å². The summed E-state index contributed by atoms with van der Waals surface area (Å²) < 4.78 is 28.0. The second kappa shape index (κ2) is 11.4. The van der Waals surface area contributed by atoms with Gasteiger partial charge in [-0.3, -0.25) is 0 Å². The molecule has 144 valence electrons. The van der Waals surface area contributed by atoms with Crippen LogP contribution in [0.3, 0.4) is 0 Å². The van der Waals surface area contributed by atoms with E-state index in [-0.39, 0.29) is 0 Å². The molecule has 4 bridgehead atoms. The molecule has 0 saturated heterocycles. The van der Waals surface area contributed by atoms with Crippen LogP contribution in [0.2, 0.25) is 0 Å². The van der Waals surface area contributed by atoms with Gasteiger partial charge in [0.1, 0.15) is 24.7 Å². The molecule has 0 aromatic heterocycles. The largest absolute Gasteiger partial charge is 0.491 e. The minimum atomic E-state index is 0.510. The van der Waals surface area contributed by atoms with Crippen LogP contribution in [-0.2, 0) is 14.2 Å². The van der Waals surface area contributed by atoms with Gasteiger partial charge in [-0.2, -0.15) is 0 Å². The number of rotatable bonds is 0. The molecule has 5 heteroatoms. The molecule has 27 heavy (non-hydrogen) atoms. The van der Waals surface area contributed by atoms with Gasteiger partial charge in [0.2, 0.25) is 0 Å². The lowest BCUT2D eigenvalue weighted by molar-refractivity contribution is 0.00499. The van der Waals surface area contributed by atoms with Gasteiger partial charge in [-0.25, -0.2) is 0 Å². The highest BCUT2D eigenvalue weighted by Crippen LogP contribution is 2.18. The Morgan fingerprint density at radius 1 is 0.481 bits per heavy atom. The first-order valence-corrected chi connectivity index (χ1v) is 9.27. The number of ether oxygens (including phenoxy) is 5. The van der Waals surface area contributed by atoms with Gasteiger partial charge in [-0.05, 0) is 35.4 Å². The van der Waals surface area contributed by atoms with Crippen LogP contribution in [0.15, 0.2) is 48.5 Å². The molecule has 0 amide bonds. The van der Waals surface area contributed by atoms with Gasteiger partial charge in [0.15, 0.2) is 0 Å². The van der Waals surface area contributed by atoms with Crippen LogP contribution in [0.1, 0.15) is 11.1 Å². The van der Waals surface area contributed by atoms with Crippen LogP contribution in [0.25, 0.3) is 12.2 Å². The van der Waals surface area contributed by atoms with Gasteiger partial charge in [0, 0.05) is 0 Å². The van der Waals surface area contributed by atoms with Crippen molar-refractivity contribution in [1.82, 2.24) is 0 Å². The molecule has 0 aliphatic carbocycles. The van der Waals surface area contributed by atoms with E-state index in [0.29, 0.717) is 52.9 Å². The van der Waals surface area contributed by atoms with Crippen LogP contribution in [-0.4, -0.2) is 52.9 Å². The molecule has 0 saturated carbocycles. The fraction of sp³-hybridized carbons (Fsp3) is 0.364. The fourth-order valence-corrected chi connectivity index (χ4v) is 2.59. The normalized spacial score (nSPS) is 18.4. The van der Waals surface area contributed by atoms with Crippen molar-refractivity contribution in [3.05, 3.63) is 59.7 Å². The van der Waals surface area contributed by atoms with E-state index in [1.165, 1.54) is 0 Å². The van der Waals surface area contributed by atoms with Gasteiger partial charge < -0.3 is 23.7 Å². The third-order valence-corrected chi connectivity index (χ3v) is 3.92. The Hall–Kier alpha value is -2.34. The molecule has 3 rings (SSSR count). The molecule has 2 aromatic carbocycles. The predicted molar refractivity (Wildman–Crippen MR) is 105 cm³/mol. The van der Waals surface area contributed by atoms with Gasteiger partial charge in [-0.15, -0.1) is 0 Å². The Morgan fingerprint density at radius 3 is 1.33 bits per heavy atom. The van der Waals surface area contributed by atoms with Gasteiger partial charge in [-0.1, -0.05) is 36.4 Å². The quantitative estimate of drug-likeness (QED) is 0.708. The highest BCUT2D eigenvalue weighted by molar-refractivity contribution is 5.70. The van der Waals surface area contributed by atoms with Crippen molar-refractivity contribution in [2.45, 2.75) is 0 Å². The van der Waals surface area contributed by atoms with E-state index >= 15 is 0 Å². The smallest absolute Gasteiger partial charge is 0.120 e. The van der Waals surface area contributed by atoms with E-state index in [1.54, 1.807) is 0 Å². The highest BCUT2D eigenvalue weighted by atomic mass is 16.6. The molecule has 1 heterocycles. The van der Waals surface area contributed by atoms with E-state index in [4.69, 9.17) is 23.7 Å². The molecule has 1 aliphatic rings. The first-order chi connectivity index (χ1) is 13.4. The SMILES string of the molecule is C1=C\c2cccc(c2)OCCOCCOCCOCCOc2cccc/1c2. The molecular formula is C22H26O5. The van der Waals surface area contributed by atoms with Crippen LogP contribution in [0.4, 0.5) is 0 Å². The Morgan fingerprint density at radius 2 is 0.889 bits per heavy atom. The van der Waals surface area contributed by atoms with Crippen molar-refractivity contribution in [2.24, 2.45) is 0 Å². The predicted octanol–water partition coefficient (Wildman–Crippen LogP) is 3.68. The topological polar surface area (TPSA) is 46.2 Å². The zero-order chi connectivity index (χ0) is 18.6. The zero-order valence-corrected chi connectivity index (χ0v) is 15.5. The van der Waals surface area contributed by atoms with Gasteiger partial charge in [0.25, 0.3) is 0 Å². The van der Waals surface area contributed by atoms with Gasteiger partial charge in [0.05, 0.1) is 39.6 Å². The maximum Gasteiger partial charge on any atom is 0.120 e. The molecule has 0 atom stereocenters. The van der Waals surface area contributed by atoms with Gasteiger partial charge >= 0.3 is 0 Å². The second-order valence-electron chi connectivity index (χ2n) is 6.01. The van der Waals surface area contributed by atoms with Crippen molar-refractivity contribution >= 4 is 12.2 Å². The molecule has 0 N–H and O–H groups in total. The van der Waals surface area contributed by atoms with E-state index in [1.807, 2.05) is 48.5 Å². The number of fused-ring (bicyclic) bond motifs is 4. The average Bonchev–Trinajstić information content (AvgIpc) is 2.70. The summed E-state index contributed by atoms with van der Waals surface area (Å²) in [5.74, 6) is 1.66. The number of hydrogen-bond acceptors (Lipinski definition) is 5. The molecule has 0 fully saturated rings. The first-order valence-electron chi connectivity index (χ1n) is 9.27. The molecule has 1 aliphatic heterocycles. The molecular weight excluding hydrogens is 344 g/mol. The Balaban J connectivity index is 1.65. The standard InChI is InChI=1S/C22H26O5/c1-3-19-7-8-20-4-2-6-22(18-20)27-16-14-25-12-10-23-9-11-24-13-15-26-21(5-1)17-19/h1-8,17-18H,9-16H2/b8-7-. The average molecular weight is 370 g/mol. The van der Waals surface area contributed by atoms with Crippen molar-refractivity contribution < 1.29 is 23.7 Å². The zero-order valence-electron chi connectivity index (χ0n) is 15.5. The summed E-state index contributed by atoms with van der Waals surface area (Å²) >= 11 is 0. The molecule has 5 nitrogen and oxygen atoms in total. The minimum Gasteiger partial charge on any atom is -0.491 e. The monoisotopic (exact) mass is 370 g/mol. The summed E-state index contributed by atoms with van der Waals surface area (Å²) in [6, 6.07) is 16.0. The summed E-state index contributed by atoms with van der Waals surface area (Å²) in [5, 5.41) is 0. The van der Waals surface area contributed by atoms with Crippen molar-refractivity contribution in [1.29, 1.82) is 0 Å². The summed E-state index contributed by atoms with van der Waals surface area (Å²) in [4.78, 5) is 0. The van der Waals surface area contributed by atoms with E-state index < -0.39 is 0 Å². The Kier molecular flexibility index (Phi) is 8.19. The fourth-order valence-electron chi connectivity index (χ4n) is 2.59. The second-order valence-corrected chi connectivity index (χ2v) is 6.01.